The van der Waals surface area contributed by atoms with Crippen molar-refractivity contribution >= 4 is 12.1 Å². The van der Waals surface area contributed by atoms with Crippen LogP contribution in [0.4, 0.5) is 5.82 Å². The van der Waals surface area contributed by atoms with E-state index in [-0.39, 0.29) is 0 Å². The lowest BCUT2D eigenvalue weighted by atomic mass is 10.2. The number of carbonyl (C=O) groups is 1. The van der Waals surface area contributed by atoms with Gasteiger partial charge in [0, 0.05) is 6.54 Å². The fourth-order valence-electron chi connectivity index (χ4n) is 2.06. The van der Waals surface area contributed by atoms with Crippen LogP contribution in [0.5, 0.6) is 0 Å². The zero-order valence-electron chi connectivity index (χ0n) is 11.1. The zero-order chi connectivity index (χ0) is 13.7. The van der Waals surface area contributed by atoms with E-state index in [0.29, 0.717) is 22.8 Å². The van der Waals surface area contributed by atoms with E-state index in [1.807, 2.05) is 0 Å². The molecule has 0 aromatic carbocycles. The lowest BCUT2D eigenvalue weighted by Gasteiger charge is -2.03. The first-order valence-corrected chi connectivity index (χ1v) is 6.63. The van der Waals surface area contributed by atoms with Crippen LogP contribution in [0.3, 0.4) is 0 Å². The number of unbranched alkanes of at least 4 members (excludes halogenated alkanes) is 3. The molecule has 0 saturated heterocycles. The summed E-state index contributed by atoms with van der Waals surface area (Å²) in [6, 6.07) is 3.54. The third-order valence-electron chi connectivity index (χ3n) is 3.13. The Kier molecular flexibility index (Phi) is 4.39. The number of carbonyl (C=O) groups excluding carboxylic acids is 1. The minimum atomic E-state index is 0.408. The van der Waals surface area contributed by atoms with Gasteiger partial charge in [-0.3, -0.25) is 4.79 Å². The van der Waals surface area contributed by atoms with Gasteiger partial charge in [-0.05, 0) is 18.6 Å². The molecule has 2 N–H and O–H groups in total. The minimum absolute atomic E-state index is 0.408. The molecule has 0 aliphatic rings. The number of aldehydes is 1. The number of nitrogens with zero attached hydrogens (tertiary/aromatic N) is 2. The zero-order valence-corrected chi connectivity index (χ0v) is 11.1. The Morgan fingerprint density at radius 1 is 1.42 bits per heavy atom. The van der Waals surface area contributed by atoms with Gasteiger partial charge in [0.15, 0.2) is 12.0 Å². The molecule has 2 rings (SSSR count). The molecule has 0 spiro atoms. The van der Waals surface area contributed by atoms with E-state index in [1.54, 1.807) is 23.1 Å². The lowest BCUT2D eigenvalue weighted by molar-refractivity contribution is 0.112. The Bertz CT molecular complexity index is 529. The number of aryl methyl sites for hydroxylation is 1. The first-order chi connectivity index (χ1) is 9.27. The molecule has 5 nitrogen and oxygen atoms in total. The molecule has 2 aromatic rings. The van der Waals surface area contributed by atoms with Crippen molar-refractivity contribution in [1.29, 1.82) is 0 Å². The van der Waals surface area contributed by atoms with E-state index in [4.69, 9.17) is 10.2 Å². The van der Waals surface area contributed by atoms with E-state index >= 15 is 0 Å². The lowest BCUT2D eigenvalue weighted by Crippen LogP contribution is -2.05. The largest absolute Gasteiger partial charge is 0.463 e. The molecule has 102 valence electrons. The molecule has 0 unspecified atom stereocenters. The number of furan rings is 1. The SMILES string of the molecule is CCCCCCn1nc(-c2ccco2)c(C=O)c1N. The predicted octanol–water partition coefficient (Wildman–Crippen LogP) is 3.12. The second kappa shape index (κ2) is 6.22. The van der Waals surface area contributed by atoms with E-state index in [1.165, 1.54) is 12.8 Å². The molecule has 0 bridgehead atoms. The van der Waals surface area contributed by atoms with Crippen LogP contribution in [0.15, 0.2) is 22.8 Å². The summed E-state index contributed by atoms with van der Waals surface area (Å²) in [7, 11) is 0. The Morgan fingerprint density at radius 2 is 2.26 bits per heavy atom. The van der Waals surface area contributed by atoms with Gasteiger partial charge in [0.1, 0.15) is 11.5 Å². The number of hydrogen-bond acceptors (Lipinski definition) is 4. The average Bonchev–Trinajstić information content (AvgIpc) is 3.03. The summed E-state index contributed by atoms with van der Waals surface area (Å²) in [5.41, 5.74) is 6.89. The van der Waals surface area contributed by atoms with Crippen molar-refractivity contribution in [3.05, 3.63) is 24.0 Å². The Morgan fingerprint density at radius 3 is 2.89 bits per heavy atom. The highest BCUT2D eigenvalue weighted by molar-refractivity contribution is 5.90. The van der Waals surface area contributed by atoms with Crippen LogP contribution in [0.25, 0.3) is 11.5 Å². The van der Waals surface area contributed by atoms with Gasteiger partial charge in [0.05, 0.1) is 11.8 Å². The molecule has 0 radical (unpaired) electrons. The highest BCUT2D eigenvalue weighted by atomic mass is 16.3. The number of hydrogen-bond donors (Lipinski definition) is 1. The van der Waals surface area contributed by atoms with Crippen LogP contribution >= 0.6 is 0 Å². The fraction of sp³-hybridized carbons (Fsp3) is 0.429. The summed E-state index contributed by atoms with van der Waals surface area (Å²) in [6.45, 7) is 2.90. The monoisotopic (exact) mass is 261 g/mol. The molecule has 0 aliphatic heterocycles. The Balaban J connectivity index is 2.19. The summed E-state index contributed by atoms with van der Waals surface area (Å²) in [6.07, 6.45) is 6.83. The summed E-state index contributed by atoms with van der Waals surface area (Å²) in [5, 5.41) is 4.39. The van der Waals surface area contributed by atoms with Crippen LogP contribution in [-0.4, -0.2) is 16.1 Å². The maximum Gasteiger partial charge on any atom is 0.156 e. The molecule has 0 amide bonds. The van der Waals surface area contributed by atoms with Crippen molar-refractivity contribution in [2.24, 2.45) is 0 Å². The topological polar surface area (TPSA) is 74.0 Å². The molecule has 2 heterocycles. The van der Waals surface area contributed by atoms with Crippen molar-refractivity contribution in [2.45, 2.75) is 39.2 Å². The van der Waals surface area contributed by atoms with Crippen molar-refractivity contribution in [3.8, 4) is 11.5 Å². The standard InChI is InChI=1S/C14H19N3O2/c1-2-3-4-5-8-17-14(15)11(10-18)13(16-17)12-7-6-9-19-12/h6-7,9-10H,2-5,8,15H2,1H3. The van der Waals surface area contributed by atoms with E-state index in [2.05, 4.69) is 12.0 Å². The normalized spacial score (nSPS) is 10.8. The van der Waals surface area contributed by atoms with E-state index < -0.39 is 0 Å². The van der Waals surface area contributed by atoms with Crippen LogP contribution in [0.1, 0.15) is 43.0 Å². The molecular weight excluding hydrogens is 242 g/mol. The molecule has 0 atom stereocenters. The first kappa shape index (κ1) is 13.4. The maximum absolute atomic E-state index is 11.2. The smallest absolute Gasteiger partial charge is 0.156 e. The van der Waals surface area contributed by atoms with Gasteiger partial charge in [-0.15, -0.1) is 0 Å². The molecule has 2 aromatic heterocycles. The van der Waals surface area contributed by atoms with Crippen LogP contribution in [0, 0.1) is 0 Å². The quantitative estimate of drug-likeness (QED) is 0.614. The molecule has 0 fully saturated rings. The summed E-state index contributed by atoms with van der Waals surface area (Å²) >= 11 is 0. The Hall–Kier alpha value is -2.04. The molecule has 0 saturated carbocycles. The van der Waals surface area contributed by atoms with Gasteiger partial charge < -0.3 is 10.2 Å². The van der Waals surface area contributed by atoms with Crippen LogP contribution < -0.4 is 5.73 Å². The summed E-state index contributed by atoms with van der Waals surface area (Å²) in [5.74, 6) is 0.985. The number of nitrogen functional groups attached to an aromatic ring is 1. The van der Waals surface area contributed by atoms with E-state index in [9.17, 15) is 4.79 Å². The van der Waals surface area contributed by atoms with Gasteiger partial charge in [-0.25, -0.2) is 4.68 Å². The van der Waals surface area contributed by atoms with Gasteiger partial charge in [0.25, 0.3) is 0 Å². The molecule has 5 heteroatoms. The highest BCUT2D eigenvalue weighted by Gasteiger charge is 2.18. The third-order valence-corrected chi connectivity index (χ3v) is 3.13. The average molecular weight is 261 g/mol. The maximum atomic E-state index is 11.2. The number of rotatable bonds is 7. The highest BCUT2D eigenvalue weighted by Crippen LogP contribution is 2.26. The Labute approximate surface area is 112 Å². The van der Waals surface area contributed by atoms with Crippen molar-refractivity contribution in [1.82, 2.24) is 9.78 Å². The molecule has 0 aliphatic carbocycles. The number of aromatic nitrogens is 2. The number of nitrogens with two attached hydrogens (primary N) is 1. The minimum Gasteiger partial charge on any atom is -0.463 e. The third kappa shape index (κ3) is 2.86. The van der Waals surface area contributed by atoms with Gasteiger partial charge in [-0.2, -0.15) is 5.10 Å². The summed E-state index contributed by atoms with van der Waals surface area (Å²) in [4.78, 5) is 11.2. The summed E-state index contributed by atoms with van der Waals surface area (Å²) < 4.78 is 6.97. The molecule has 19 heavy (non-hydrogen) atoms. The van der Waals surface area contributed by atoms with Gasteiger partial charge in [0.2, 0.25) is 0 Å². The first-order valence-electron chi connectivity index (χ1n) is 6.63. The van der Waals surface area contributed by atoms with E-state index in [0.717, 1.165) is 25.7 Å². The van der Waals surface area contributed by atoms with Crippen molar-refractivity contribution in [3.63, 3.8) is 0 Å². The van der Waals surface area contributed by atoms with Crippen molar-refractivity contribution in [2.75, 3.05) is 5.73 Å². The second-order valence-corrected chi connectivity index (χ2v) is 4.53. The second-order valence-electron chi connectivity index (χ2n) is 4.53. The van der Waals surface area contributed by atoms with Gasteiger partial charge in [-0.1, -0.05) is 26.2 Å². The van der Waals surface area contributed by atoms with Crippen molar-refractivity contribution < 1.29 is 9.21 Å². The number of anilines is 1. The van der Waals surface area contributed by atoms with Crippen LogP contribution in [-0.2, 0) is 6.54 Å². The van der Waals surface area contributed by atoms with Gasteiger partial charge >= 0.3 is 0 Å². The fourth-order valence-corrected chi connectivity index (χ4v) is 2.06. The molecular formula is C14H19N3O2. The van der Waals surface area contributed by atoms with Crippen LogP contribution in [0.2, 0.25) is 0 Å². The predicted molar refractivity (Wildman–Crippen MR) is 73.9 cm³/mol.